The second-order valence-corrected chi connectivity index (χ2v) is 6.64. The van der Waals surface area contributed by atoms with E-state index < -0.39 is 0 Å². The van der Waals surface area contributed by atoms with E-state index in [1.165, 1.54) is 0 Å². The normalized spacial score (nSPS) is 9.76. The van der Waals surface area contributed by atoms with Crippen molar-refractivity contribution >= 4 is 17.2 Å². The first kappa shape index (κ1) is 20.3. The molecule has 0 bridgehead atoms. The molecule has 0 atom stereocenters. The van der Waals surface area contributed by atoms with Crippen molar-refractivity contribution in [1.82, 2.24) is 0 Å². The Morgan fingerprint density at radius 2 is 1.28 bits per heavy atom. The van der Waals surface area contributed by atoms with Gasteiger partial charge in [0.1, 0.15) is 11.5 Å². The number of allylic oxidation sites excluding steroid dienone is 2. The van der Waals surface area contributed by atoms with Gasteiger partial charge in [-0.1, -0.05) is 60.4 Å². The molecule has 0 amide bonds. The molecule has 0 spiro atoms. The minimum absolute atomic E-state index is 0.687. The van der Waals surface area contributed by atoms with Crippen molar-refractivity contribution in [1.29, 1.82) is 0 Å². The fourth-order valence-electron chi connectivity index (χ4n) is 2.88. The zero-order chi connectivity index (χ0) is 20.6. The first-order valence-electron chi connectivity index (χ1n) is 9.07. The molecule has 0 fully saturated rings. The van der Waals surface area contributed by atoms with E-state index in [-0.39, 0.29) is 0 Å². The Labute approximate surface area is 177 Å². The SMILES string of the molecule is C=CC(C#Cc1ccc(Cl)cc1)=C(c1ccc(OC)cc1)c1ccc(OC)cc1. The molecule has 29 heavy (non-hydrogen) atoms. The molecule has 3 heteroatoms. The van der Waals surface area contributed by atoms with Gasteiger partial charge in [-0.3, -0.25) is 0 Å². The van der Waals surface area contributed by atoms with Crippen LogP contribution in [0.15, 0.2) is 91.0 Å². The molecule has 0 heterocycles. The fourth-order valence-corrected chi connectivity index (χ4v) is 3.01. The highest BCUT2D eigenvalue weighted by molar-refractivity contribution is 6.30. The Morgan fingerprint density at radius 3 is 1.69 bits per heavy atom. The van der Waals surface area contributed by atoms with Crippen LogP contribution >= 0.6 is 11.6 Å². The number of benzene rings is 3. The van der Waals surface area contributed by atoms with Gasteiger partial charge in [-0.15, -0.1) is 0 Å². The molecule has 0 saturated carbocycles. The smallest absolute Gasteiger partial charge is 0.118 e. The maximum absolute atomic E-state index is 5.97. The van der Waals surface area contributed by atoms with E-state index in [2.05, 4.69) is 18.4 Å². The lowest BCUT2D eigenvalue weighted by Gasteiger charge is -2.12. The number of halogens is 1. The van der Waals surface area contributed by atoms with Crippen molar-refractivity contribution in [2.24, 2.45) is 0 Å². The van der Waals surface area contributed by atoms with Crippen LogP contribution in [0.1, 0.15) is 16.7 Å². The number of hydrogen-bond acceptors (Lipinski definition) is 2. The van der Waals surface area contributed by atoms with E-state index >= 15 is 0 Å². The molecule has 0 saturated heterocycles. The molecule has 0 aromatic heterocycles. The summed E-state index contributed by atoms with van der Waals surface area (Å²) in [5.74, 6) is 8.07. The Balaban J connectivity index is 2.14. The molecule has 144 valence electrons. The summed E-state index contributed by atoms with van der Waals surface area (Å²) < 4.78 is 10.6. The monoisotopic (exact) mass is 400 g/mol. The fraction of sp³-hybridized carbons (Fsp3) is 0.0769. The molecular weight excluding hydrogens is 380 g/mol. The molecule has 3 aromatic rings. The van der Waals surface area contributed by atoms with E-state index in [0.29, 0.717) is 5.02 Å². The highest BCUT2D eigenvalue weighted by Crippen LogP contribution is 2.30. The van der Waals surface area contributed by atoms with Crippen LogP contribution in [-0.4, -0.2) is 14.2 Å². The Kier molecular flexibility index (Phi) is 6.79. The molecule has 0 N–H and O–H groups in total. The van der Waals surface area contributed by atoms with Crippen molar-refractivity contribution in [3.63, 3.8) is 0 Å². The summed E-state index contributed by atoms with van der Waals surface area (Å²) in [6.07, 6.45) is 1.78. The first-order chi connectivity index (χ1) is 14.1. The average molecular weight is 401 g/mol. The largest absolute Gasteiger partial charge is 0.497 e. The Hall–Kier alpha value is -3.41. The van der Waals surface area contributed by atoms with Gasteiger partial charge < -0.3 is 9.47 Å². The molecule has 0 unspecified atom stereocenters. The van der Waals surface area contributed by atoms with Crippen LogP contribution in [0.5, 0.6) is 11.5 Å². The minimum Gasteiger partial charge on any atom is -0.497 e. The molecule has 0 aliphatic rings. The minimum atomic E-state index is 0.687. The molecule has 3 rings (SSSR count). The van der Waals surface area contributed by atoms with Gasteiger partial charge >= 0.3 is 0 Å². The van der Waals surface area contributed by atoms with Crippen LogP contribution in [0.2, 0.25) is 5.02 Å². The number of methoxy groups -OCH3 is 2. The van der Waals surface area contributed by atoms with Crippen molar-refractivity contribution in [3.8, 4) is 23.3 Å². The molecule has 0 aliphatic carbocycles. The van der Waals surface area contributed by atoms with Crippen LogP contribution in [-0.2, 0) is 0 Å². The van der Waals surface area contributed by atoms with E-state index in [4.69, 9.17) is 21.1 Å². The Bertz CT molecular complexity index is 1020. The maximum Gasteiger partial charge on any atom is 0.118 e. The molecular formula is C26H21ClO2. The molecule has 0 radical (unpaired) electrons. The molecule has 0 aliphatic heterocycles. The average Bonchev–Trinajstić information content (AvgIpc) is 2.78. The van der Waals surface area contributed by atoms with Gasteiger partial charge in [-0.05, 0) is 59.7 Å². The second-order valence-electron chi connectivity index (χ2n) is 6.21. The standard InChI is InChI=1S/C26H21ClO2/c1-4-20(8-5-19-6-13-23(27)14-7-19)26(21-9-15-24(28-2)16-10-21)22-11-17-25(29-3)18-12-22/h4,6-7,9-18H,1H2,2-3H3. The van der Waals surface area contributed by atoms with Crippen LogP contribution in [0.4, 0.5) is 0 Å². The summed E-state index contributed by atoms with van der Waals surface area (Å²) in [7, 11) is 3.31. The highest BCUT2D eigenvalue weighted by Gasteiger charge is 2.10. The lowest BCUT2D eigenvalue weighted by molar-refractivity contribution is 0.414. The lowest BCUT2D eigenvalue weighted by atomic mass is 9.92. The van der Waals surface area contributed by atoms with E-state index in [1.807, 2.05) is 72.8 Å². The van der Waals surface area contributed by atoms with Crippen molar-refractivity contribution < 1.29 is 9.47 Å². The van der Waals surface area contributed by atoms with Gasteiger partial charge in [0.2, 0.25) is 0 Å². The Morgan fingerprint density at radius 1 is 0.793 bits per heavy atom. The summed E-state index contributed by atoms with van der Waals surface area (Å²) in [5.41, 5.74) is 4.76. The molecule has 3 aromatic carbocycles. The number of rotatable bonds is 5. The first-order valence-corrected chi connectivity index (χ1v) is 9.45. The lowest BCUT2D eigenvalue weighted by Crippen LogP contribution is -1.94. The summed E-state index contributed by atoms with van der Waals surface area (Å²) in [6.45, 7) is 4.00. The van der Waals surface area contributed by atoms with E-state index in [9.17, 15) is 0 Å². The zero-order valence-corrected chi connectivity index (χ0v) is 17.2. The van der Waals surface area contributed by atoms with Crippen LogP contribution < -0.4 is 9.47 Å². The predicted molar refractivity (Wildman–Crippen MR) is 121 cm³/mol. The summed E-state index contributed by atoms with van der Waals surface area (Å²) in [5, 5.41) is 0.687. The van der Waals surface area contributed by atoms with Crippen LogP contribution in [0.3, 0.4) is 0 Å². The highest BCUT2D eigenvalue weighted by atomic mass is 35.5. The topological polar surface area (TPSA) is 18.5 Å². The van der Waals surface area contributed by atoms with E-state index in [1.54, 1.807) is 20.3 Å². The summed E-state index contributed by atoms with van der Waals surface area (Å²) >= 11 is 5.97. The summed E-state index contributed by atoms with van der Waals surface area (Å²) in [4.78, 5) is 0. The van der Waals surface area contributed by atoms with Crippen molar-refractivity contribution in [3.05, 3.63) is 113 Å². The van der Waals surface area contributed by atoms with Crippen molar-refractivity contribution in [2.45, 2.75) is 0 Å². The predicted octanol–water partition coefficient (Wildman–Crippen LogP) is 6.40. The van der Waals surface area contributed by atoms with Crippen molar-refractivity contribution in [2.75, 3.05) is 14.2 Å². The van der Waals surface area contributed by atoms with Gasteiger partial charge in [-0.2, -0.15) is 0 Å². The van der Waals surface area contributed by atoms with Crippen LogP contribution in [0.25, 0.3) is 5.57 Å². The maximum atomic E-state index is 5.97. The summed E-state index contributed by atoms with van der Waals surface area (Å²) in [6, 6.07) is 23.3. The third-order valence-corrected chi connectivity index (χ3v) is 4.67. The van der Waals surface area contributed by atoms with Gasteiger partial charge in [0.25, 0.3) is 0 Å². The van der Waals surface area contributed by atoms with Gasteiger partial charge in [0.05, 0.1) is 14.2 Å². The zero-order valence-electron chi connectivity index (χ0n) is 16.4. The second kappa shape index (κ2) is 9.68. The third kappa shape index (κ3) is 5.10. The van der Waals surface area contributed by atoms with E-state index in [0.717, 1.165) is 39.3 Å². The van der Waals surface area contributed by atoms with Gasteiger partial charge in [0.15, 0.2) is 0 Å². The van der Waals surface area contributed by atoms with Gasteiger partial charge in [0, 0.05) is 21.7 Å². The van der Waals surface area contributed by atoms with Gasteiger partial charge in [-0.25, -0.2) is 0 Å². The molecule has 2 nitrogen and oxygen atoms in total. The quantitative estimate of drug-likeness (QED) is 0.364. The third-order valence-electron chi connectivity index (χ3n) is 4.42. The number of ether oxygens (including phenoxy) is 2. The number of hydrogen-bond donors (Lipinski definition) is 0. The van der Waals surface area contributed by atoms with Crippen LogP contribution in [0, 0.1) is 11.8 Å².